The highest BCUT2D eigenvalue weighted by Crippen LogP contribution is 2.35. The molecule has 2 aromatic rings. The van der Waals surface area contributed by atoms with Gasteiger partial charge in [-0.3, -0.25) is 4.98 Å². The average molecular weight is 411 g/mol. The van der Waals surface area contributed by atoms with Crippen molar-refractivity contribution >= 4 is 34.9 Å². The Hall–Kier alpha value is -2.18. The van der Waals surface area contributed by atoms with Gasteiger partial charge in [-0.2, -0.15) is 0 Å². The number of hydrogen-bond acceptors (Lipinski definition) is 5. The number of pyridine rings is 1. The molecule has 1 aromatic carbocycles. The van der Waals surface area contributed by atoms with E-state index in [9.17, 15) is 9.18 Å². The van der Waals surface area contributed by atoms with Crippen molar-refractivity contribution < 1.29 is 18.8 Å². The predicted octanol–water partition coefficient (Wildman–Crippen LogP) is 4.95. The predicted molar refractivity (Wildman–Crippen MR) is 102 cm³/mol. The van der Waals surface area contributed by atoms with Crippen molar-refractivity contribution in [2.24, 2.45) is 5.16 Å². The van der Waals surface area contributed by atoms with Gasteiger partial charge in [-0.05, 0) is 44.5 Å². The lowest BCUT2D eigenvalue weighted by Crippen LogP contribution is -2.37. The fourth-order valence-corrected chi connectivity index (χ4v) is 3.34. The van der Waals surface area contributed by atoms with Crippen LogP contribution in [0.5, 0.6) is 0 Å². The van der Waals surface area contributed by atoms with Gasteiger partial charge < -0.3 is 9.57 Å². The van der Waals surface area contributed by atoms with Gasteiger partial charge in [0.1, 0.15) is 5.82 Å². The first-order valence-electron chi connectivity index (χ1n) is 8.29. The summed E-state index contributed by atoms with van der Waals surface area (Å²) in [6.45, 7) is 5.36. The third kappa shape index (κ3) is 3.77. The maximum absolute atomic E-state index is 14.5. The second-order valence-corrected chi connectivity index (χ2v) is 7.23. The van der Waals surface area contributed by atoms with Gasteiger partial charge in [-0.15, -0.1) is 0 Å². The largest absolute Gasteiger partial charge is 0.463 e. The number of hydrogen-bond donors (Lipinski definition) is 0. The number of oxime groups is 1. The summed E-state index contributed by atoms with van der Waals surface area (Å²) >= 11 is 12.5. The van der Waals surface area contributed by atoms with E-state index in [1.807, 2.05) is 6.92 Å². The molecule has 0 saturated heterocycles. The number of aryl methyl sites for hydroxylation is 1. The van der Waals surface area contributed by atoms with Crippen LogP contribution in [-0.4, -0.2) is 28.9 Å². The zero-order valence-corrected chi connectivity index (χ0v) is 16.5. The fraction of sp³-hybridized carbons (Fsp3) is 0.316. The monoisotopic (exact) mass is 410 g/mol. The third-order valence-corrected chi connectivity index (χ3v) is 4.77. The van der Waals surface area contributed by atoms with Crippen LogP contribution >= 0.6 is 23.2 Å². The summed E-state index contributed by atoms with van der Waals surface area (Å²) in [6.07, 6.45) is 1.74. The van der Waals surface area contributed by atoms with Gasteiger partial charge in [0.05, 0.1) is 28.1 Å². The van der Waals surface area contributed by atoms with Crippen LogP contribution in [0.15, 0.2) is 29.6 Å². The lowest BCUT2D eigenvalue weighted by Gasteiger charge is -2.18. The molecule has 0 spiro atoms. The Kier molecular flexibility index (Phi) is 5.40. The summed E-state index contributed by atoms with van der Waals surface area (Å²) in [7, 11) is 0. The Balaban J connectivity index is 1.99. The lowest BCUT2D eigenvalue weighted by atomic mass is 9.94. The van der Waals surface area contributed by atoms with Crippen LogP contribution in [0.25, 0.3) is 11.3 Å². The average Bonchev–Trinajstić information content (AvgIpc) is 2.99. The highest BCUT2D eigenvalue weighted by atomic mass is 35.5. The molecule has 1 unspecified atom stereocenters. The molecule has 0 radical (unpaired) electrons. The van der Waals surface area contributed by atoms with Crippen molar-refractivity contribution in [3.8, 4) is 11.3 Å². The normalized spacial score (nSPS) is 18.8. The molecule has 27 heavy (non-hydrogen) atoms. The first-order valence-corrected chi connectivity index (χ1v) is 9.05. The quantitative estimate of drug-likeness (QED) is 0.668. The topological polar surface area (TPSA) is 60.8 Å². The van der Waals surface area contributed by atoms with Gasteiger partial charge in [0.2, 0.25) is 5.60 Å². The Bertz CT molecular complexity index is 949. The Morgan fingerprint density at radius 2 is 2.04 bits per heavy atom. The number of nitrogens with zero attached hydrogens (tertiary/aromatic N) is 2. The van der Waals surface area contributed by atoms with Crippen LogP contribution in [0, 0.1) is 12.7 Å². The van der Waals surface area contributed by atoms with E-state index in [2.05, 4.69) is 10.1 Å². The van der Waals surface area contributed by atoms with Crippen molar-refractivity contribution in [1.82, 2.24) is 4.98 Å². The van der Waals surface area contributed by atoms with Crippen LogP contribution < -0.4 is 0 Å². The fourth-order valence-electron chi connectivity index (χ4n) is 2.76. The second-order valence-electron chi connectivity index (χ2n) is 6.41. The highest BCUT2D eigenvalue weighted by Gasteiger charge is 2.44. The molecule has 0 fully saturated rings. The number of aromatic nitrogens is 1. The number of rotatable bonds is 4. The van der Waals surface area contributed by atoms with Crippen molar-refractivity contribution in [1.29, 1.82) is 0 Å². The number of benzene rings is 1. The summed E-state index contributed by atoms with van der Waals surface area (Å²) in [5.74, 6) is -1.08. The van der Waals surface area contributed by atoms with Gasteiger partial charge in [0.25, 0.3) is 0 Å². The number of esters is 1. The first kappa shape index (κ1) is 19.6. The van der Waals surface area contributed by atoms with E-state index in [4.69, 9.17) is 32.8 Å². The van der Waals surface area contributed by atoms with Crippen LogP contribution in [0.3, 0.4) is 0 Å². The number of halogens is 3. The molecule has 3 rings (SSSR count). The summed E-state index contributed by atoms with van der Waals surface area (Å²) in [6, 6.07) is 4.39. The molecule has 0 saturated carbocycles. The Morgan fingerprint density at radius 1 is 1.30 bits per heavy atom. The lowest BCUT2D eigenvalue weighted by molar-refractivity contribution is -0.166. The smallest absolute Gasteiger partial charge is 0.353 e. The van der Waals surface area contributed by atoms with E-state index < -0.39 is 17.4 Å². The number of carbonyl (C=O) groups is 1. The maximum Gasteiger partial charge on any atom is 0.353 e. The van der Waals surface area contributed by atoms with Gasteiger partial charge in [0, 0.05) is 23.7 Å². The summed E-state index contributed by atoms with van der Waals surface area (Å²) in [5, 5.41) is 4.45. The van der Waals surface area contributed by atoms with Crippen molar-refractivity contribution in [2.45, 2.75) is 32.8 Å². The van der Waals surface area contributed by atoms with Gasteiger partial charge in [-0.25, -0.2) is 9.18 Å². The summed E-state index contributed by atoms with van der Waals surface area (Å²) in [5.41, 5.74) is 0.956. The second kappa shape index (κ2) is 7.44. The molecule has 5 nitrogen and oxygen atoms in total. The molecule has 8 heteroatoms. The Labute approximate surface area is 166 Å². The molecule has 0 bridgehead atoms. The zero-order valence-electron chi connectivity index (χ0n) is 15.0. The van der Waals surface area contributed by atoms with Crippen LogP contribution in [-0.2, 0) is 14.4 Å². The van der Waals surface area contributed by atoms with Gasteiger partial charge >= 0.3 is 5.97 Å². The Morgan fingerprint density at radius 3 is 2.70 bits per heavy atom. The zero-order chi connectivity index (χ0) is 19.8. The van der Waals surface area contributed by atoms with Crippen molar-refractivity contribution in [2.75, 3.05) is 6.61 Å². The number of carbonyl (C=O) groups excluding carboxylic acids is 1. The number of ether oxygens (including phenoxy) is 1. The van der Waals surface area contributed by atoms with Crippen molar-refractivity contribution in [3.05, 3.63) is 51.4 Å². The molecule has 0 N–H and O–H groups in total. The molecule has 1 atom stereocenters. The van der Waals surface area contributed by atoms with Crippen LogP contribution in [0.4, 0.5) is 4.39 Å². The molecule has 1 aliphatic heterocycles. The first-order chi connectivity index (χ1) is 12.7. The molecule has 1 aliphatic rings. The summed E-state index contributed by atoms with van der Waals surface area (Å²) in [4.78, 5) is 21.6. The van der Waals surface area contributed by atoms with E-state index in [0.29, 0.717) is 22.0 Å². The van der Waals surface area contributed by atoms with Crippen LogP contribution in [0.1, 0.15) is 31.4 Å². The van der Waals surface area contributed by atoms with E-state index in [1.54, 1.807) is 26.1 Å². The minimum absolute atomic E-state index is 0.145. The molecule has 142 valence electrons. The highest BCUT2D eigenvalue weighted by molar-refractivity contribution is 6.35. The minimum Gasteiger partial charge on any atom is -0.463 e. The van der Waals surface area contributed by atoms with E-state index in [0.717, 1.165) is 5.56 Å². The standard InChI is InChI=1S/C19H17Cl2FN2O3/c1-4-26-18(25)19(3)8-16(24-27-19)11-6-12(15(22)7-13(11)20)17-14(21)5-10(2)9-23-17/h5-7,9H,4,8H2,1-3H3. The minimum atomic E-state index is -1.25. The molecular weight excluding hydrogens is 394 g/mol. The molecule has 0 aliphatic carbocycles. The van der Waals surface area contributed by atoms with E-state index in [1.165, 1.54) is 12.1 Å². The molecule has 2 heterocycles. The third-order valence-electron chi connectivity index (χ3n) is 4.17. The van der Waals surface area contributed by atoms with Gasteiger partial charge in [0.15, 0.2) is 0 Å². The molecular formula is C19H17Cl2FN2O3. The maximum atomic E-state index is 14.5. The van der Waals surface area contributed by atoms with E-state index >= 15 is 0 Å². The van der Waals surface area contributed by atoms with Gasteiger partial charge in [-0.1, -0.05) is 28.4 Å². The summed E-state index contributed by atoms with van der Waals surface area (Å²) < 4.78 is 19.6. The molecule has 0 amide bonds. The van der Waals surface area contributed by atoms with Crippen LogP contribution in [0.2, 0.25) is 10.0 Å². The SMILES string of the molecule is CCOC(=O)C1(C)CC(c2cc(-c3ncc(C)cc3Cl)c(F)cc2Cl)=NO1. The van der Waals surface area contributed by atoms with E-state index in [-0.39, 0.29) is 23.6 Å². The molecule has 1 aromatic heterocycles. The van der Waals surface area contributed by atoms with Crippen molar-refractivity contribution in [3.63, 3.8) is 0 Å².